The molecule has 0 aliphatic heterocycles. The largest absolute Gasteiger partial charge is 0.496 e. The highest BCUT2D eigenvalue weighted by atomic mass is 32.1. The maximum absolute atomic E-state index is 13.1. The van der Waals surface area contributed by atoms with Crippen LogP contribution in [0.5, 0.6) is 5.75 Å². The standard InChI is InChI=1S/C19H21N3O3S/c1-11-15-17(20-10-21(3)18(15)23)26-16(11)19(24)22(4)12(2)13-8-6-7-9-14(13)25-5/h6-10,12H,1-5H3. The summed E-state index contributed by atoms with van der Waals surface area (Å²) < 4.78 is 6.84. The van der Waals surface area contributed by atoms with Crippen molar-refractivity contribution in [2.45, 2.75) is 19.9 Å². The number of ether oxygens (including phenoxy) is 1. The van der Waals surface area contributed by atoms with Crippen LogP contribution in [0.15, 0.2) is 35.4 Å². The summed E-state index contributed by atoms with van der Waals surface area (Å²) in [5, 5.41) is 0.515. The Morgan fingerprint density at radius 3 is 2.73 bits per heavy atom. The molecule has 26 heavy (non-hydrogen) atoms. The van der Waals surface area contributed by atoms with E-state index in [1.54, 1.807) is 33.0 Å². The van der Waals surface area contributed by atoms with Gasteiger partial charge in [-0.2, -0.15) is 0 Å². The molecule has 0 aliphatic carbocycles. The molecule has 0 bridgehead atoms. The van der Waals surface area contributed by atoms with Gasteiger partial charge < -0.3 is 14.2 Å². The van der Waals surface area contributed by atoms with Gasteiger partial charge in [0.2, 0.25) is 0 Å². The molecule has 6 nitrogen and oxygen atoms in total. The number of rotatable bonds is 4. The third kappa shape index (κ3) is 2.88. The smallest absolute Gasteiger partial charge is 0.264 e. The number of carbonyl (C=O) groups is 1. The van der Waals surface area contributed by atoms with E-state index >= 15 is 0 Å². The van der Waals surface area contributed by atoms with E-state index in [1.807, 2.05) is 31.2 Å². The van der Waals surface area contributed by atoms with Crippen molar-refractivity contribution in [2.75, 3.05) is 14.2 Å². The minimum atomic E-state index is -0.181. The van der Waals surface area contributed by atoms with E-state index in [9.17, 15) is 9.59 Å². The average Bonchev–Trinajstić information content (AvgIpc) is 3.00. The number of methoxy groups -OCH3 is 1. The van der Waals surface area contributed by atoms with Crippen molar-refractivity contribution in [3.8, 4) is 5.75 Å². The molecule has 1 unspecified atom stereocenters. The molecule has 0 N–H and O–H groups in total. The first-order valence-electron chi connectivity index (χ1n) is 8.21. The molecule has 7 heteroatoms. The van der Waals surface area contributed by atoms with Crippen LogP contribution in [-0.4, -0.2) is 34.5 Å². The lowest BCUT2D eigenvalue weighted by atomic mass is 10.1. The zero-order chi connectivity index (χ0) is 19.0. The second-order valence-electron chi connectivity index (χ2n) is 6.23. The summed E-state index contributed by atoms with van der Waals surface area (Å²) in [4.78, 5) is 32.6. The van der Waals surface area contributed by atoms with Crippen LogP contribution in [0.3, 0.4) is 0 Å². The van der Waals surface area contributed by atoms with Crippen LogP contribution in [0.2, 0.25) is 0 Å². The lowest BCUT2D eigenvalue weighted by Crippen LogP contribution is -2.29. The van der Waals surface area contributed by atoms with Crippen molar-refractivity contribution < 1.29 is 9.53 Å². The molecule has 136 valence electrons. The Kier molecular flexibility index (Phi) is 4.82. The Balaban J connectivity index is 2.01. The molecule has 1 amide bonds. The molecule has 0 saturated carbocycles. The minimum absolute atomic E-state index is 0.133. The number of hydrogen-bond acceptors (Lipinski definition) is 5. The number of aryl methyl sites for hydroxylation is 2. The number of hydrogen-bond donors (Lipinski definition) is 0. The van der Waals surface area contributed by atoms with Crippen molar-refractivity contribution in [3.05, 3.63) is 57.0 Å². The first-order valence-corrected chi connectivity index (χ1v) is 9.03. The number of para-hydroxylation sites is 1. The predicted molar refractivity (Wildman–Crippen MR) is 103 cm³/mol. The maximum Gasteiger partial charge on any atom is 0.264 e. The van der Waals surface area contributed by atoms with Crippen LogP contribution in [-0.2, 0) is 7.05 Å². The Labute approximate surface area is 155 Å². The van der Waals surface area contributed by atoms with E-state index < -0.39 is 0 Å². The van der Waals surface area contributed by atoms with Crippen LogP contribution >= 0.6 is 11.3 Å². The van der Waals surface area contributed by atoms with Crippen molar-refractivity contribution >= 4 is 27.5 Å². The van der Waals surface area contributed by atoms with Crippen LogP contribution in [0.25, 0.3) is 10.2 Å². The van der Waals surface area contributed by atoms with Gasteiger partial charge in [-0.1, -0.05) is 18.2 Å². The predicted octanol–water partition coefficient (Wildman–Crippen LogP) is 3.15. The highest BCUT2D eigenvalue weighted by Crippen LogP contribution is 2.32. The molecule has 3 rings (SSSR count). The van der Waals surface area contributed by atoms with Gasteiger partial charge in [0.1, 0.15) is 10.6 Å². The highest BCUT2D eigenvalue weighted by molar-refractivity contribution is 7.20. The number of thiophene rings is 1. The summed E-state index contributed by atoms with van der Waals surface area (Å²) in [6, 6.07) is 7.46. The van der Waals surface area contributed by atoms with Gasteiger partial charge in [-0.3, -0.25) is 9.59 Å². The Morgan fingerprint density at radius 2 is 2.04 bits per heavy atom. The molecule has 0 aliphatic rings. The molecular formula is C19H21N3O3S. The van der Waals surface area contributed by atoms with Gasteiger partial charge in [-0.05, 0) is 25.5 Å². The van der Waals surface area contributed by atoms with E-state index in [1.165, 1.54) is 22.2 Å². The quantitative estimate of drug-likeness (QED) is 0.707. The van der Waals surface area contributed by atoms with Gasteiger partial charge in [0, 0.05) is 19.7 Å². The fourth-order valence-corrected chi connectivity index (χ4v) is 4.09. The first-order chi connectivity index (χ1) is 12.4. The number of aromatic nitrogens is 2. The lowest BCUT2D eigenvalue weighted by molar-refractivity contribution is 0.0745. The van der Waals surface area contributed by atoms with Gasteiger partial charge >= 0.3 is 0 Å². The molecule has 0 fully saturated rings. The van der Waals surface area contributed by atoms with Gasteiger partial charge in [0.05, 0.1) is 29.7 Å². The van der Waals surface area contributed by atoms with Crippen molar-refractivity contribution in [3.63, 3.8) is 0 Å². The third-order valence-corrected chi connectivity index (χ3v) is 5.88. The summed E-state index contributed by atoms with van der Waals surface area (Å²) in [7, 11) is 5.03. The highest BCUT2D eigenvalue weighted by Gasteiger charge is 2.26. The van der Waals surface area contributed by atoms with Crippen molar-refractivity contribution in [1.82, 2.24) is 14.5 Å². The molecule has 0 saturated heterocycles. The summed E-state index contributed by atoms with van der Waals surface area (Å²) >= 11 is 1.26. The van der Waals surface area contributed by atoms with E-state index in [4.69, 9.17) is 4.74 Å². The molecule has 0 spiro atoms. The zero-order valence-electron chi connectivity index (χ0n) is 15.4. The van der Waals surface area contributed by atoms with E-state index in [0.29, 0.717) is 20.7 Å². The first kappa shape index (κ1) is 18.1. The van der Waals surface area contributed by atoms with E-state index in [0.717, 1.165) is 11.3 Å². The molecule has 2 heterocycles. The number of nitrogens with zero attached hydrogens (tertiary/aromatic N) is 3. The van der Waals surface area contributed by atoms with Crippen LogP contribution in [0.1, 0.15) is 33.8 Å². The van der Waals surface area contributed by atoms with Crippen LogP contribution < -0.4 is 10.3 Å². The number of fused-ring (bicyclic) bond motifs is 1. The Morgan fingerprint density at radius 1 is 1.35 bits per heavy atom. The van der Waals surface area contributed by atoms with E-state index in [-0.39, 0.29) is 17.5 Å². The second-order valence-corrected chi connectivity index (χ2v) is 7.23. The fourth-order valence-electron chi connectivity index (χ4n) is 2.97. The topological polar surface area (TPSA) is 64.4 Å². The monoisotopic (exact) mass is 371 g/mol. The van der Waals surface area contributed by atoms with Crippen molar-refractivity contribution in [1.29, 1.82) is 0 Å². The number of amides is 1. The maximum atomic E-state index is 13.1. The van der Waals surface area contributed by atoms with Gasteiger partial charge in [-0.15, -0.1) is 11.3 Å². The fraction of sp³-hybridized carbons (Fsp3) is 0.316. The summed E-state index contributed by atoms with van der Waals surface area (Å²) in [5.74, 6) is 0.606. The molecule has 0 radical (unpaired) electrons. The second kappa shape index (κ2) is 6.92. The van der Waals surface area contributed by atoms with E-state index in [2.05, 4.69) is 4.98 Å². The Bertz CT molecular complexity index is 1040. The lowest BCUT2D eigenvalue weighted by Gasteiger charge is -2.26. The summed E-state index contributed by atoms with van der Waals surface area (Å²) in [6.07, 6.45) is 1.48. The molecule has 2 aromatic heterocycles. The van der Waals surface area contributed by atoms with Crippen LogP contribution in [0, 0.1) is 6.92 Å². The van der Waals surface area contributed by atoms with Gasteiger partial charge in [-0.25, -0.2) is 4.98 Å². The SMILES string of the molecule is COc1ccccc1C(C)N(C)C(=O)c1sc2ncn(C)c(=O)c2c1C. The molecule has 1 atom stereocenters. The third-order valence-electron chi connectivity index (χ3n) is 4.70. The van der Waals surface area contributed by atoms with Crippen LogP contribution in [0.4, 0.5) is 0 Å². The molecule has 3 aromatic rings. The minimum Gasteiger partial charge on any atom is -0.496 e. The summed E-state index contributed by atoms with van der Waals surface area (Å²) in [6.45, 7) is 3.76. The molecular weight excluding hydrogens is 350 g/mol. The average molecular weight is 371 g/mol. The van der Waals surface area contributed by atoms with Gasteiger partial charge in [0.25, 0.3) is 11.5 Å². The zero-order valence-corrected chi connectivity index (χ0v) is 16.3. The Hall–Kier alpha value is -2.67. The number of benzene rings is 1. The number of carbonyl (C=O) groups excluding carboxylic acids is 1. The van der Waals surface area contributed by atoms with Crippen molar-refractivity contribution in [2.24, 2.45) is 7.05 Å². The normalized spacial score (nSPS) is 12.2. The molecule has 1 aromatic carbocycles. The summed E-state index contributed by atoms with van der Waals surface area (Å²) in [5.41, 5.74) is 1.48. The van der Waals surface area contributed by atoms with Gasteiger partial charge in [0.15, 0.2) is 0 Å².